The molecule has 1 aliphatic heterocycles. The van der Waals surface area contributed by atoms with Crippen LogP contribution in [-0.4, -0.2) is 36.4 Å². The molecular formula is C32H31N3O5. The van der Waals surface area contributed by atoms with E-state index in [0.717, 1.165) is 28.3 Å². The Morgan fingerprint density at radius 2 is 1.60 bits per heavy atom. The SMILES string of the molecule is CCOc1ccc(C2C3=C(CC(c4ccc(OC)c(OC)c4)CC3=O)Nc3[nH]n(-c4ccccc4)c(=O)c32)cc1. The van der Waals surface area contributed by atoms with E-state index in [1.165, 1.54) is 4.68 Å². The Morgan fingerprint density at radius 3 is 2.30 bits per heavy atom. The van der Waals surface area contributed by atoms with E-state index in [0.29, 0.717) is 47.9 Å². The molecule has 0 saturated carbocycles. The fourth-order valence-electron chi connectivity index (χ4n) is 5.85. The minimum absolute atomic E-state index is 0.0185. The highest BCUT2D eigenvalue weighted by Gasteiger charge is 2.41. The molecule has 2 aliphatic rings. The van der Waals surface area contributed by atoms with E-state index in [4.69, 9.17) is 14.2 Å². The number of anilines is 1. The molecule has 3 aromatic carbocycles. The second-order valence-corrected chi connectivity index (χ2v) is 9.97. The topological polar surface area (TPSA) is 94.6 Å². The highest BCUT2D eigenvalue weighted by atomic mass is 16.5. The van der Waals surface area contributed by atoms with Crippen LogP contribution >= 0.6 is 0 Å². The maximum Gasteiger partial charge on any atom is 0.277 e. The molecule has 0 spiro atoms. The predicted molar refractivity (Wildman–Crippen MR) is 153 cm³/mol. The van der Waals surface area contributed by atoms with Crippen LogP contribution < -0.4 is 25.1 Å². The van der Waals surface area contributed by atoms with Crippen molar-refractivity contribution in [2.75, 3.05) is 26.1 Å². The van der Waals surface area contributed by atoms with Crippen LogP contribution in [0.1, 0.15) is 48.3 Å². The van der Waals surface area contributed by atoms with Crippen LogP contribution in [0.4, 0.5) is 5.82 Å². The molecule has 0 bridgehead atoms. The van der Waals surface area contributed by atoms with Crippen molar-refractivity contribution in [1.82, 2.24) is 9.78 Å². The van der Waals surface area contributed by atoms with E-state index >= 15 is 0 Å². The molecule has 8 nitrogen and oxygen atoms in total. The fourth-order valence-corrected chi connectivity index (χ4v) is 5.85. The standard InChI is InChI=1S/C32H31N3O5/c1-4-40-23-13-10-19(11-14-23)28-29-24(33-31-30(28)32(37)35(34-31)22-8-6-5-7-9-22)16-21(17-25(29)36)20-12-15-26(38-2)27(18-20)39-3/h5-15,18,21,28,33-34H,4,16-17H2,1-3H3. The van der Waals surface area contributed by atoms with Gasteiger partial charge in [0.1, 0.15) is 11.6 Å². The fraction of sp³-hybridized carbons (Fsp3) is 0.250. The van der Waals surface area contributed by atoms with Crippen LogP contribution in [0.2, 0.25) is 0 Å². The minimum Gasteiger partial charge on any atom is -0.494 e. The molecule has 1 aromatic heterocycles. The molecule has 8 heteroatoms. The number of carbonyl (C=O) groups is 1. The van der Waals surface area contributed by atoms with Crippen LogP contribution in [-0.2, 0) is 4.79 Å². The van der Waals surface area contributed by atoms with Crippen molar-refractivity contribution in [3.8, 4) is 22.9 Å². The number of nitrogens with one attached hydrogen (secondary N) is 2. The number of Topliss-reactive ketones (excluding diaryl/α,β-unsaturated/α-hetero) is 1. The average molecular weight is 538 g/mol. The number of benzene rings is 3. The number of hydrogen-bond donors (Lipinski definition) is 2. The molecule has 0 amide bonds. The lowest BCUT2D eigenvalue weighted by Gasteiger charge is -2.34. The van der Waals surface area contributed by atoms with Crippen LogP contribution in [0.3, 0.4) is 0 Å². The molecule has 2 N–H and O–H groups in total. The number of rotatable bonds is 7. The third-order valence-electron chi connectivity index (χ3n) is 7.71. The first kappa shape index (κ1) is 25.6. The van der Waals surface area contributed by atoms with Gasteiger partial charge in [-0.3, -0.25) is 14.7 Å². The normalized spacial score (nSPS) is 18.0. The van der Waals surface area contributed by atoms with Crippen molar-refractivity contribution in [3.05, 3.63) is 111 Å². The van der Waals surface area contributed by atoms with Gasteiger partial charge in [-0.05, 0) is 66.8 Å². The summed E-state index contributed by atoms with van der Waals surface area (Å²) in [6.07, 6.45) is 0.943. The van der Waals surface area contributed by atoms with Crippen LogP contribution in [0.25, 0.3) is 5.69 Å². The number of fused-ring (bicyclic) bond motifs is 1. The number of nitrogens with zero attached hydrogens (tertiary/aromatic N) is 1. The summed E-state index contributed by atoms with van der Waals surface area (Å²) < 4.78 is 18.1. The Bertz CT molecular complexity index is 1650. The van der Waals surface area contributed by atoms with Gasteiger partial charge in [0.25, 0.3) is 5.56 Å². The number of allylic oxidation sites excluding steroid dienone is 2. The highest BCUT2D eigenvalue weighted by Crippen LogP contribution is 2.47. The molecule has 40 heavy (non-hydrogen) atoms. The molecule has 0 fully saturated rings. The monoisotopic (exact) mass is 537 g/mol. The van der Waals surface area contributed by atoms with Gasteiger partial charge in [-0.15, -0.1) is 0 Å². The highest BCUT2D eigenvalue weighted by molar-refractivity contribution is 6.01. The molecule has 0 saturated heterocycles. The molecule has 204 valence electrons. The quantitative estimate of drug-likeness (QED) is 0.322. The van der Waals surface area contributed by atoms with Crippen molar-refractivity contribution in [1.29, 1.82) is 0 Å². The molecule has 1 aliphatic carbocycles. The molecule has 2 heterocycles. The summed E-state index contributed by atoms with van der Waals surface area (Å²) in [5.74, 6) is 2.08. The average Bonchev–Trinajstić information content (AvgIpc) is 3.32. The van der Waals surface area contributed by atoms with Crippen molar-refractivity contribution in [2.24, 2.45) is 0 Å². The number of aromatic nitrogens is 2. The van der Waals surface area contributed by atoms with Gasteiger partial charge >= 0.3 is 0 Å². The summed E-state index contributed by atoms with van der Waals surface area (Å²) in [5, 5.41) is 6.72. The van der Waals surface area contributed by atoms with Gasteiger partial charge in [0, 0.05) is 23.6 Å². The van der Waals surface area contributed by atoms with Crippen molar-refractivity contribution in [3.63, 3.8) is 0 Å². The summed E-state index contributed by atoms with van der Waals surface area (Å²) in [7, 11) is 3.21. The van der Waals surface area contributed by atoms with Gasteiger partial charge in [-0.25, -0.2) is 4.68 Å². The van der Waals surface area contributed by atoms with Gasteiger partial charge in [0.05, 0.1) is 32.1 Å². The van der Waals surface area contributed by atoms with Crippen LogP contribution in [0, 0.1) is 0 Å². The van der Waals surface area contributed by atoms with Crippen LogP contribution in [0.5, 0.6) is 17.2 Å². The zero-order valence-corrected chi connectivity index (χ0v) is 22.7. The Labute approximate surface area is 232 Å². The van der Waals surface area contributed by atoms with E-state index in [1.54, 1.807) is 14.2 Å². The zero-order chi connectivity index (χ0) is 27.8. The van der Waals surface area contributed by atoms with E-state index in [9.17, 15) is 9.59 Å². The molecule has 2 atom stereocenters. The molecule has 2 unspecified atom stereocenters. The maximum absolute atomic E-state index is 13.9. The Kier molecular flexibility index (Phi) is 6.67. The molecule has 0 radical (unpaired) electrons. The van der Waals surface area contributed by atoms with Gasteiger partial charge in [0.15, 0.2) is 17.3 Å². The lowest BCUT2D eigenvalue weighted by Crippen LogP contribution is -2.32. The number of carbonyl (C=O) groups excluding carboxylic acids is 1. The van der Waals surface area contributed by atoms with Crippen molar-refractivity contribution < 1.29 is 19.0 Å². The third kappa shape index (κ3) is 4.35. The number of aromatic amines is 1. The second-order valence-electron chi connectivity index (χ2n) is 9.97. The molecule has 4 aromatic rings. The second kappa shape index (κ2) is 10.4. The van der Waals surface area contributed by atoms with E-state index in [2.05, 4.69) is 10.4 Å². The number of H-pyrrole nitrogens is 1. The molecular weight excluding hydrogens is 506 g/mol. The number of ketones is 1. The van der Waals surface area contributed by atoms with Gasteiger partial charge < -0.3 is 19.5 Å². The lowest BCUT2D eigenvalue weighted by atomic mass is 9.73. The Hall–Kier alpha value is -4.72. The van der Waals surface area contributed by atoms with Gasteiger partial charge in [-0.2, -0.15) is 0 Å². The first-order chi connectivity index (χ1) is 19.5. The van der Waals surface area contributed by atoms with Gasteiger partial charge in [0.2, 0.25) is 0 Å². The van der Waals surface area contributed by atoms with E-state index < -0.39 is 5.92 Å². The smallest absolute Gasteiger partial charge is 0.277 e. The maximum atomic E-state index is 13.9. The number of hydrogen-bond acceptors (Lipinski definition) is 6. The molecule has 6 rings (SSSR count). The van der Waals surface area contributed by atoms with E-state index in [-0.39, 0.29) is 17.3 Å². The summed E-state index contributed by atoms with van der Waals surface area (Å²) in [4.78, 5) is 27.8. The van der Waals surface area contributed by atoms with E-state index in [1.807, 2.05) is 79.7 Å². The Balaban J connectivity index is 1.46. The van der Waals surface area contributed by atoms with Crippen molar-refractivity contribution >= 4 is 11.6 Å². The lowest BCUT2D eigenvalue weighted by molar-refractivity contribution is -0.116. The summed E-state index contributed by atoms with van der Waals surface area (Å²) in [6, 6.07) is 22.9. The van der Waals surface area contributed by atoms with Crippen molar-refractivity contribution in [2.45, 2.75) is 31.6 Å². The minimum atomic E-state index is -0.505. The first-order valence-corrected chi connectivity index (χ1v) is 13.4. The first-order valence-electron chi connectivity index (χ1n) is 13.4. The number of para-hydroxylation sites is 1. The number of methoxy groups -OCH3 is 2. The summed E-state index contributed by atoms with van der Waals surface area (Å²) in [6.45, 7) is 2.49. The van der Waals surface area contributed by atoms with Crippen LogP contribution in [0.15, 0.2) is 88.9 Å². The third-order valence-corrected chi connectivity index (χ3v) is 7.71. The Morgan fingerprint density at radius 1 is 0.875 bits per heavy atom. The summed E-state index contributed by atoms with van der Waals surface area (Å²) in [5.41, 5.74) is 4.40. The zero-order valence-electron chi connectivity index (χ0n) is 22.7. The number of ether oxygens (including phenoxy) is 3. The van der Waals surface area contributed by atoms with Gasteiger partial charge in [-0.1, -0.05) is 36.4 Å². The summed E-state index contributed by atoms with van der Waals surface area (Å²) >= 11 is 0. The largest absolute Gasteiger partial charge is 0.494 e. The predicted octanol–water partition coefficient (Wildman–Crippen LogP) is 5.54.